The smallest absolute Gasteiger partial charge is 0.334 e. The number of urea groups is 1. The van der Waals surface area contributed by atoms with E-state index in [2.05, 4.69) is 34.1 Å². The number of imide groups is 1. The Morgan fingerprint density at radius 3 is 2.48 bits per heavy atom. The quantitative estimate of drug-likeness (QED) is 0.468. The molecule has 0 spiro atoms. The Kier molecular flexibility index (Phi) is 6.96. The number of aliphatic hydroxyl groups is 1. The summed E-state index contributed by atoms with van der Waals surface area (Å²) in [5.74, 6) is -2.30. The van der Waals surface area contributed by atoms with Crippen LogP contribution in [0.25, 0.3) is 0 Å². The zero-order valence-corrected chi connectivity index (χ0v) is 16.7. The van der Waals surface area contributed by atoms with E-state index in [9.17, 15) is 23.5 Å². The van der Waals surface area contributed by atoms with Gasteiger partial charge in [0.05, 0.1) is 10.1 Å². The first-order valence-electron chi connectivity index (χ1n) is 7.87. The van der Waals surface area contributed by atoms with E-state index in [1.807, 2.05) is 0 Å². The molecule has 0 aromatic heterocycles. The molecule has 0 saturated carbocycles. The summed E-state index contributed by atoms with van der Waals surface area (Å²) in [7, 11) is 0. The number of hydrogen-bond donors (Lipinski definition) is 3. The lowest BCUT2D eigenvalue weighted by atomic mass is 9.92. The van der Waals surface area contributed by atoms with E-state index in [-0.39, 0.29) is 28.6 Å². The van der Waals surface area contributed by atoms with Crippen molar-refractivity contribution in [2.24, 2.45) is 0 Å². The number of amides is 3. The van der Waals surface area contributed by atoms with E-state index >= 15 is 0 Å². The van der Waals surface area contributed by atoms with Crippen molar-refractivity contribution in [2.75, 3.05) is 6.54 Å². The van der Waals surface area contributed by atoms with Crippen molar-refractivity contribution in [2.45, 2.75) is 18.9 Å². The van der Waals surface area contributed by atoms with Crippen molar-refractivity contribution < 1.29 is 23.5 Å². The van der Waals surface area contributed by atoms with Crippen molar-refractivity contribution in [3.63, 3.8) is 0 Å². The second-order valence-corrected chi connectivity index (χ2v) is 7.24. The summed E-state index contributed by atoms with van der Waals surface area (Å²) in [4.78, 5) is 24.2. The van der Waals surface area contributed by atoms with E-state index in [0.29, 0.717) is 10.4 Å². The van der Waals surface area contributed by atoms with Gasteiger partial charge in [-0.05, 0) is 47.5 Å². The summed E-state index contributed by atoms with van der Waals surface area (Å²) < 4.78 is 27.9. The third-order valence-corrected chi connectivity index (χ3v) is 4.85. The fourth-order valence-corrected chi connectivity index (χ4v) is 2.88. The third kappa shape index (κ3) is 5.27. The molecule has 2 aromatic rings. The Hall–Kier alpha value is -1.97. The molecule has 2 aromatic carbocycles. The highest BCUT2D eigenvalue weighted by atomic mass is 79.9. The second kappa shape index (κ2) is 8.81. The van der Waals surface area contributed by atoms with Crippen LogP contribution in [0.4, 0.5) is 13.6 Å². The molecular formula is C18H17BrF2N2O3S. The minimum Gasteiger partial charge on any atom is -0.385 e. The molecule has 0 fully saturated rings. The molecule has 2 N–H and O–H groups in total. The van der Waals surface area contributed by atoms with Crippen molar-refractivity contribution in [1.29, 1.82) is 0 Å². The van der Waals surface area contributed by atoms with Crippen LogP contribution in [0.5, 0.6) is 0 Å². The lowest BCUT2D eigenvalue weighted by molar-refractivity contribution is 0.0448. The summed E-state index contributed by atoms with van der Waals surface area (Å²) in [6, 6.07) is 9.14. The maximum absolute atomic E-state index is 14.0. The molecule has 144 valence electrons. The number of benzene rings is 2. The molecule has 5 nitrogen and oxygen atoms in total. The highest BCUT2D eigenvalue weighted by Crippen LogP contribution is 2.30. The predicted octanol–water partition coefficient (Wildman–Crippen LogP) is 4.02. The Balaban J connectivity index is 1.97. The van der Waals surface area contributed by atoms with Crippen LogP contribution >= 0.6 is 28.7 Å². The van der Waals surface area contributed by atoms with E-state index in [0.717, 1.165) is 6.07 Å². The minimum atomic E-state index is -1.67. The van der Waals surface area contributed by atoms with Crippen LogP contribution in [-0.2, 0) is 5.60 Å². The molecule has 0 bridgehead atoms. The van der Waals surface area contributed by atoms with Gasteiger partial charge in [0.1, 0.15) is 11.6 Å². The molecule has 0 heterocycles. The average molecular weight is 459 g/mol. The number of thiol groups is 1. The Morgan fingerprint density at radius 1 is 1.22 bits per heavy atom. The van der Waals surface area contributed by atoms with Gasteiger partial charge in [-0.2, -0.15) is 0 Å². The molecule has 2 rings (SSSR count). The van der Waals surface area contributed by atoms with E-state index in [1.165, 1.54) is 6.92 Å². The fourth-order valence-electron chi connectivity index (χ4n) is 2.35. The first-order chi connectivity index (χ1) is 12.6. The van der Waals surface area contributed by atoms with Crippen LogP contribution in [0.3, 0.4) is 0 Å². The van der Waals surface area contributed by atoms with Crippen LogP contribution < -0.4 is 5.32 Å². The lowest BCUT2D eigenvalue weighted by Gasteiger charge is -2.25. The predicted molar refractivity (Wildman–Crippen MR) is 103 cm³/mol. The highest BCUT2D eigenvalue weighted by molar-refractivity contribution is 9.10. The number of halogens is 3. The standard InChI is InChI=1S/C18H17BrF2N2O3S/c1-18(26,12-9-13(19)15(21)10-14(12)20)7-8-22-17(25)23(27)16(24)11-5-3-2-4-6-11/h2-6,9-10,26-27H,7-8H2,1H3,(H,22,25). The SMILES string of the molecule is CC(O)(CCNC(=O)N(S)C(=O)c1ccccc1)c1cc(Br)c(F)cc1F. The number of carbonyl (C=O) groups excluding carboxylic acids is 2. The zero-order valence-electron chi connectivity index (χ0n) is 14.2. The number of hydrogen-bond acceptors (Lipinski definition) is 4. The molecule has 0 aliphatic rings. The van der Waals surface area contributed by atoms with Crippen molar-refractivity contribution in [3.8, 4) is 0 Å². The Morgan fingerprint density at radius 2 is 1.85 bits per heavy atom. The molecular weight excluding hydrogens is 442 g/mol. The van der Waals surface area contributed by atoms with Crippen molar-refractivity contribution in [3.05, 3.63) is 69.7 Å². The molecule has 27 heavy (non-hydrogen) atoms. The highest BCUT2D eigenvalue weighted by Gasteiger charge is 2.28. The van der Waals surface area contributed by atoms with Gasteiger partial charge in [-0.25, -0.2) is 17.9 Å². The summed E-state index contributed by atoms with van der Waals surface area (Å²) in [5.41, 5.74) is -1.50. The number of nitrogens with one attached hydrogen (secondary N) is 1. The minimum absolute atomic E-state index is 0.0122. The van der Waals surface area contributed by atoms with Crippen LogP contribution in [0, 0.1) is 11.6 Å². The lowest BCUT2D eigenvalue weighted by Crippen LogP contribution is -2.40. The normalized spacial score (nSPS) is 13.0. The van der Waals surface area contributed by atoms with Gasteiger partial charge in [0.2, 0.25) is 0 Å². The van der Waals surface area contributed by atoms with E-state index < -0.39 is 29.2 Å². The Bertz CT molecular complexity index is 850. The molecule has 9 heteroatoms. The summed E-state index contributed by atoms with van der Waals surface area (Å²) in [5, 5.41) is 12.9. The van der Waals surface area contributed by atoms with Crippen LogP contribution in [-0.4, -0.2) is 27.9 Å². The van der Waals surface area contributed by atoms with Crippen LogP contribution in [0.1, 0.15) is 29.3 Å². The average Bonchev–Trinajstić information content (AvgIpc) is 2.63. The van der Waals surface area contributed by atoms with Gasteiger partial charge in [-0.15, -0.1) is 0 Å². The van der Waals surface area contributed by atoms with Gasteiger partial charge in [0.15, 0.2) is 0 Å². The molecule has 1 unspecified atom stereocenters. The molecule has 1 atom stereocenters. The van der Waals surface area contributed by atoms with Gasteiger partial charge in [-0.1, -0.05) is 31.0 Å². The zero-order chi connectivity index (χ0) is 20.2. The molecule has 3 amide bonds. The van der Waals surface area contributed by atoms with Gasteiger partial charge < -0.3 is 10.4 Å². The maximum Gasteiger partial charge on any atom is 0.334 e. The first-order valence-corrected chi connectivity index (χ1v) is 9.06. The topological polar surface area (TPSA) is 69.6 Å². The maximum atomic E-state index is 14.0. The Labute approximate surface area is 169 Å². The van der Waals surface area contributed by atoms with Crippen molar-refractivity contribution >= 4 is 40.7 Å². The molecule has 0 aliphatic carbocycles. The van der Waals surface area contributed by atoms with Gasteiger partial charge >= 0.3 is 6.03 Å². The van der Waals surface area contributed by atoms with Crippen LogP contribution in [0.15, 0.2) is 46.9 Å². The third-order valence-electron chi connectivity index (χ3n) is 3.88. The second-order valence-electron chi connectivity index (χ2n) is 5.98. The monoisotopic (exact) mass is 458 g/mol. The molecule has 0 saturated heterocycles. The number of rotatable bonds is 5. The van der Waals surface area contributed by atoms with E-state index in [1.54, 1.807) is 30.3 Å². The van der Waals surface area contributed by atoms with Gasteiger partial charge in [0, 0.05) is 23.7 Å². The summed E-state index contributed by atoms with van der Waals surface area (Å²) in [6.07, 6.45) is -0.0745. The number of nitrogens with zero attached hydrogens (tertiary/aromatic N) is 1. The largest absolute Gasteiger partial charge is 0.385 e. The summed E-state index contributed by atoms with van der Waals surface area (Å²) >= 11 is 6.83. The fraction of sp³-hybridized carbons (Fsp3) is 0.222. The van der Waals surface area contributed by atoms with Crippen LogP contribution in [0.2, 0.25) is 0 Å². The molecule has 0 radical (unpaired) electrons. The van der Waals surface area contributed by atoms with Gasteiger partial charge in [-0.3, -0.25) is 4.79 Å². The number of carbonyl (C=O) groups is 2. The van der Waals surface area contributed by atoms with Crippen molar-refractivity contribution in [1.82, 2.24) is 9.62 Å². The van der Waals surface area contributed by atoms with Gasteiger partial charge in [0.25, 0.3) is 5.91 Å². The van der Waals surface area contributed by atoms with E-state index in [4.69, 9.17) is 0 Å². The first kappa shape index (κ1) is 21.3. The summed E-state index contributed by atoms with van der Waals surface area (Å²) in [6.45, 7) is 1.27. The molecule has 0 aliphatic heterocycles.